The number of nitrogens with zero attached hydrogens (tertiary/aromatic N) is 2. The van der Waals surface area contributed by atoms with Crippen molar-refractivity contribution in [3.8, 4) is 0 Å². The number of Topliss-reactive ketones (excluding diaryl/α,β-unsaturated/α-hetero) is 1. The molecule has 0 aliphatic carbocycles. The second kappa shape index (κ2) is 3.57. The summed E-state index contributed by atoms with van der Waals surface area (Å²) in [6, 6.07) is 3.44. The Morgan fingerprint density at radius 2 is 2.27 bits per heavy atom. The summed E-state index contributed by atoms with van der Waals surface area (Å²) in [5.41, 5.74) is 1.23. The van der Waals surface area contributed by atoms with Gasteiger partial charge in [0.05, 0.1) is 11.0 Å². The van der Waals surface area contributed by atoms with E-state index in [1.807, 2.05) is 6.92 Å². The molecule has 0 unspecified atom stereocenters. The van der Waals surface area contributed by atoms with E-state index in [9.17, 15) is 4.79 Å². The van der Waals surface area contributed by atoms with E-state index in [-0.39, 0.29) is 5.78 Å². The standard InChI is InChI=1S/C7H7BrN2O/c1-5-2-3-6(10-9-5)7(11)4-8/h2-3H,4H2,1H3. The monoisotopic (exact) mass is 214 g/mol. The molecular formula is C7H7BrN2O. The molecule has 0 aromatic carbocycles. The van der Waals surface area contributed by atoms with Gasteiger partial charge in [-0.1, -0.05) is 15.9 Å². The topological polar surface area (TPSA) is 42.9 Å². The molecule has 1 aromatic heterocycles. The second-order valence-corrected chi connectivity index (χ2v) is 2.68. The Bertz CT molecular complexity index is 258. The van der Waals surface area contributed by atoms with E-state index < -0.39 is 0 Å². The molecule has 0 saturated heterocycles. The minimum Gasteiger partial charge on any atom is -0.291 e. The first-order valence-electron chi connectivity index (χ1n) is 3.13. The fraction of sp³-hybridized carbons (Fsp3) is 0.286. The van der Waals surface area contributed by atoms with Crippen LogP contribution in [0.5, 0.6) is 0 Å². The van der Waals surface area contributed by atoms with Crippen molar-refractivity contribution in [2.24, 2.45) is 0 Å². The van der Waals surface area contributed by atoms with Crippen molar-refractivity contribution in [1.82, 2.24) is 10.2 Å². The number of hydrogen-bond acceptors (Lipinski definition) is 3. The van der Waals surface area contributed by atoms with Crippen LogP contribution < -0.4 is 0 Å². The Hall–Kier alpha value is -0.770. The first-order valence-corrected chi connectivity index (χ1v) is 4.25. The lowest BCUT2D eigenvalue weighted by Gasteiger charge is -1.93. The molecule has 0 aliphatic heterocycles. The van der Waals surface area contributed by atoms with Gasteiger partial charge in [0, 0.05) is 0 Å². The smallest absolute Gasteiger partial charge is 0.193 e. The minimum absolute atomic E-state index is 0.0440. The molecular weight excluding hydrogens is 208 g/mol. The van der Waals surface area contributed by atoms with E-state index in [1.54, 1.807) is 12.1 Å². The Morgan fingerprint density at radius 3 is 2.73 bits per heavy atom. The van der Waals surface area contributed by atoms with Gasteiger partial charge in [-0.15, -0.1) is 5.10 Å². The van der Waals surface area contributed by atoms with Gasteiger partial charge in [0.15, 0.2) is 5.78 Å². The predicted octanol–water partition coefficient (Wildman–Crippen LogP) is 1.36. The number of ketones is 1. The molecule has 1 rings (SSSR count). The fourth-order valence-corrected chi connectivity index (χ4v) is 0.903. The minimum atomic E-state index is -0.0440. The van der Waals surface area contributed by atoms with E-state index >= 15 is 0 Å². The normalized spacial score (nSPS) is 9.64. The molecule has 11 heavy (non-hydrogen) atoms. The van der Waals surface area contributed by atoms with E-state index in [0.29, 0.717) is 11.0 Å². The molecule has 3 nitrogen and oxygen atoms in total. The summed E-state index contributed by atoms with van der Waals surface area (Å²) in [6.45, 7) is 1.83. The van der Waals surface area contributed by atoms with Crippen molar-refractivity contribution >= 4 is 21.7 Å². The van der Waals surface area contributed by atoms with Crippen molar-refractivity contribution in [3.05, 3.63) is 23.5 Å². The van der Waals surface area contributed by atoms with E-state index in [4.69, 9.17) is 0 Å². The molecule has 0 aliphatic rings. The van der Waals surface area contributed by atoms with Gasteiger partial charge < -0.3 is 0 Å². The zero-order chi connectivity index (χ0) is 8.27. The molecule has 4 heteroatoms. The highest BCUT2D eigenvalue weighted by Crippen LogP contribution is 1.98. The molecule has 0 spiro atoms. The molecule has 0 atom stereocenters. The summed E-state index contributed by atoms with van der Waals surface area (Å²) >= 11 is 3.05. The van der Waals surface area contributed by atoms with Gasteiger partial charge in [-0.25, -0.2) is 0 Å². The lowest BCUT2D eigenvalue weighted by molar-refractivity contribution is 0.101. The van der Waals surface area contributed by atoms with Gasteiger partial charge in [0.2, 0.25) is 0 Å². The van der Waals surface area contributed by atoms with Crippen LogP contribution in [0.15, 0.2) is 12.1 Å². The maximum absolute atomic E-state index is 11.0. The van der Waals surface area contributed by atoms with Crippen LogP contribution in [0.1, 0.15) is 16.2 Å². The first kappa shape index (κ1) is 8.33. The second-order valence-electron chi connectivity index (χ2n) is 2.12. The van der Waals surface area contributed by atoms with Gasteiger partial charge in [-0.2, -0.15) is 5.10 Å². The molecule has 0 fully saturated rings. The van der Waals surface area contributed by atoms with Crippen LogP contribution in [0.4, 0.5) is 0 Å². The first-order chi connectivity index (χ1) is 5.24. The largest absolute Gasteiger partial charge is 0.291 e. The quantitative estimate of drug-likeness (QED) is 0.552. The van der Waals surface area contributed by atoms with Crippen LogP contribution in [0.2, 0.25) is 0 Å². The summed E-state index contributed by atoms with van der Waals surface area (Å²) < 4.78 is 0. The number of halogens is 1. The van der Waals surface area contributed by atoms with Crippen molar-refractivity contribution in [3.63, 3.8) is 0 Å². The number of hydrogen-bond donors (Lipinski definition) is 0. The third-order valence-electron chi connectivity index (χ3n) is 1.20. The van der Waals surface area contributed by atoms with Crippen LogP contribution >= 0.6 is 15.9 Å². The van der Waals surface area contributed by atoms with Crippen LogP contribution in [0.25, 0.3) is 0 Å². The Kier molecular flexibility index (Phi) is 2.70. The number of carbonyl (C=O) groups is 1. The average molecular weight is 215 g/mol. The zero-order valence-corrected chi connectivity index (χ0v) is 7.63. The molecule has 0 bridgehead atoms. The SMILES string of the molecule is Cc1ccc(C(=O)CBr)nn1. The van der Waals surface area contributed by atoms with Crippen LogP contribution in [-0.2, 0) is 0 Å². The lowest BCUT2D eigenvalue weighted by Crippen LogP contribution is -2.04. The van der Waals surface area contributed by atoms with Gasteiger partial charge in [0.25, 0.3) is 0 Å². The Balaban J connectivity index is 2.90. The Labute approximate surface area is 73.0 Å². The molecule has 1 heterocycles. The van der Waals surface area contributed by atoms with Gasteiger partial charge in [0.1, 0.15) is 5.69 Å². The van der Waals surface area contributed by atoms with Gasteiger partial charge in [-0.05, 0) is 19.1 Å². The number of alkyl halides is 1. The molecule has 0 radical (unpaired) electrons. The summed E-state index contributed by atoms with van der Waals surface area (Å²) in [5.74, 6) is -0.0440. The lowest BCUT2D eigenvalue weighted by atomic mass is 10.3. The summed E-state index contributed by atoms with van der Waals surface area (Å²) in [7, 11) is 0. The number of rotatable bonds is 2. The third kappa shape index (κ3) is 2.08. The van der Waals surface area contributed by atoms with Crippen molar-refractivity contribution in [2.75, 3.05) is 5.33 Å². The molecule has 0 saturated carbocycles. The molecule has 58 valence electrons. The highest BCUT2D eigenvalue weighted by Gasteiger charge is 2.04. The molecule has 1 aromatic rings. The van der Waals surface area contributed by atoms with Crippen LogP contribution in [0, 0.1) is 6.92 Å². The molecule has 0 N–H and O–H groups in total. The van der Waals surface area contributed by atoms with E-state index in [2.05, 4.69) is 26.1 Å². The van der Waals surface area contributed by atoms with E-state index in [0.717, 1.165) is 5.69 Å². The van der Waals surface area contributed by atoms with Crippen molar-refractivity contribution in [2.45, 2.75) is 6.92 Å². The zero-order valence-electron chi connectivity index (χ0n) is 6.04. The predicted molar refractivity (Wildman–Crippen MR) is 44.9 cm³/mol. The average Bonchev–Trinajstić information content (AvgIpc) is 2.05. The summed E-state index contributed by atoms with van der Waals surface area (Å²) in [6.07, 6.45) is 0. The summed E-state index contributed by atoms with van der Waals surface area (Å²) in [5, 5.41) is 7.77. The van der Waals surface area contributed by atoms with Gasteiger partial charge in [-0.3, -0.25) is 4.79 Å². The summed E-state index contributed by atoms with van der Waals surface area (Å²) in [4.78, 5) is 11.0. The van der Waals surface area contributed by atoms with Crippen LogP contribution in [0.3, 0.4) is 0 Å². The third-order valence-corrected chi connectivity index (χ3v) is 1.71. The van der Waals surface area contributed by atoms with Crippen LogP contribution in [-0.4, -0.2) is 21.3 Å². The van der Waals surface area contributed by atoms with E-state index in [1.165, 1.54) is 0 Å². The van der Waals surface area contributed by atoms with Gasteiger partial charge >= 0.3 is 0 Å². The van der Waals surface area contributed by atoms with Crippen molar-refractivity contribution in [1.29, 1.82) is 0 Å². The Morgan fingerprint density at radius 1 is 1.55 bits per heavy atom. The number of aromatic nitrogens is 2. The number of aryl methyl sites for hydroxylation is 1. The fourth-order valence-electron chi connectivity index (χ4n) is 0.616. The molecule has 0 amide bonds. The maximum Gasteiger partial charge on any atom is 0.193 e. The highest BCUT2D eigenvalue weighted by molar-refractivity contribution is 9.09. The maximum atomic E-state index is 11.0. The highest BCUT2D eigenvalue weighted by atomic mass is 79.9. The van der Waals surface area contributed by atoms with Crippen molar-refractivity contribution < 1.29 is 4.79 Å². The number of carbonyl (C=O) groups excluding carboxylic acids is 1.